The summed E-state index contributed by atoms with van der Waals surface area (Å²) in [5.41, 5.74) is 3.60. The summed E-state index contributed by atoms with van der Waals surface area (Å²) in [7, 11) is 0. The second-order valence-corrected chi connectivity index (χ2v) is 7.58. The Hall–Kier alpha value is -0.340. The van der Waals surface area contributed by atoms with Gasteiger partial charge in [0.05, 0.1) is 0 Å². The first-order valence-electron chi connectivity index (χ1n) is 6.72. The van der Waals surface area contributed by atoms with Gasteiger partial charge in [0.1, 0.15) is 0 Å². The molecule has 0 heterocycles. The summed E-state index contributed by atoms with van der Waals surface area (Å²) < 4.78 is 1.21. The summed E-state index contributed by atoms with van der Waals surface area (Å²) in [5, 5.41) is 3.61. The lowest BCUT2D eigenvalue weighted by molar-refractivity contribution is 0.457. The molecule has 0 aliphatic heterocycles. The summed E-state index contributed by atoms with van der Waals surface area (Å²) >= 11 is 3.63. The predicted molar refractivity (Wildman–Crippen MR) is 81.6 cm³/mol. The van der Waals surface area contributed by atoms with E-state index in [2.05, 4.69) is 74.1 Å². The molecule has 0 spiro atoms. The third-order valence-electron chi connectivity index (χ3n) is 5.19. The molecule has 1 saturated carbocycles. The minimum absolute atomic E-state index is 0.477. The highest BCUT2D eigenvalue weighted by Crippen LogP contribution is 2.67. The fourth-order valence-corrected chi connectivity index (χ4v) is 3.62. The van der Waals surface area contributed by atoms with Gasteiger partial charge in [0.15, 0.2) is 0 Å². The van der Waals surface area contributed by atoms with Crippen LogP contribution in [0.25, 0.3) is 0 Å². The maximum absolute atomic E-state index is 3.63. The number of nitrogens with one attached hydrogen (secondary N) is 1. The van der Waals surface area contributed by atoms with Crippen LogP contribution in [0.5, 0.6) is 0 Å². The minimum atomic E-state index is 0.477. The van der Waals surface area contributed by atoms with Gasteiger partial charge in [-0.2, -0.15) is 0 Å². The van der Waals surface area contributed by atoms with Crippen molar-refractivity contribution in [2.45, 2.75) is 41.2 Å². The lowest BCUT2D eigenvalue weighted by atomic mass is 10.0. The number of hydrogen-bond donors (Lipinski definition) is 1. The molecule has 0 atom stereocenters. The van der Waals surface area contributed by atoms with Crippen molar-refractivity contribution in [1.29, 1.82) is 0 Å². The Balaban J connectivity index is 1.87. The third kappa shape index (κ3) is 2.37. The monoisotopic (exact) mass is 309 g/mol. The van der Waals surface area contributed by atoms with Crippen molar-refractivity contribution < 1.29 is 0 Å². The van der Waals surface area contributed by atoms with E-state index in [1.807, 2.05) is 0 Å². The molecule has 1 aromatic carbocycles. The van der Waals surface area contributed by atoms with E-state index in [1.54, 1.807) is 0 Å². The smallest absolute Gasteiger partial charge is 0.0222 e. The predicted octanol–water partition coefficient (Wildman–Crippen LogP) is 4.53. The first-order chi connectivity index (χ1) is 8.26. The lowest BCUT2D eigenvalue weighted by Gasteiger charge is -2.08. The van der Waals surface area contributed by atoms with Gasteiger partial charge < -0.3 is 5.32 Å². The average Bonchev–Trinajstić information content (AvgIpc) is 2.63. The lowest BCUT2D eigenvalue weighted by Crippen LogP contribution is -2.19. The van der Waals surface area contributed by atoms with E-state index in [4.69, 9.17) is 0 Å². The van der Waals surface area contributed by atoms with Crippen molar-refractivity contribution in [3.05, 3.63) is 33.8 Å². The van der Waals surface area contributed by atoms with Crippen LogP contribution in [0.1, 0.15) is 38.8 Å². The van der Waals surface area contributed by atoms with Gasteiger partial charge in [-0.25, -0.2) is 0 Å². The number of aryl methyl sites for hydroxylation is 1. The van der Waals surface area contributed by atoms with Crippen molar-refractivity contribution in [1.82, 2.24) is 5.32 Å². The number of hydrogen-bond acceptors (Lipinski definition) is 1. The Morgan fingerprint density at radius 2 is 1.78 bits per heavy atom. The molecule has 1 fully saturated rings. The highest BCUT2D eigenvalue weighted by Gasteiger charge is 2.63. The van der Waals surface area contributed by atoms with Crippen LogP contribution in [-0.4, -0.2) is 6.54 Å². The molecule has 2 heteroatoms. The summed E-state index contributed by atoms with van der Waals surface area (Å²) in [6.07, 6.45) is 0. The maximum Gasteiger partial charge on any atom is 0.0222 e. The zero-order valence-corrected chi connectivity index (χ0v) is 13.7. The fraction of sp³-hybridized carbons (Fsp3) is 0.625. The van der Waals surface area contributed by atoms with Crippen LogP contribution in [0.3, 0.4) is 0 Å². The molecule has 100 valence electrons. The largest absolute Gasteiger partial charge is 0.312 e. The van der Waals surface area contributed by atoms with E-state index in [9.17, 15) is 0 Å². The van der Waals surface area contributed by atoms with Gasteiger partial charge in [-0.3, -0.25) is 0 Å². The van der Waals surface area contributed by atoms with Gasteiger partial charge in [0, 0.05) is 11.0 Å². The van der Waals surface area contributed by atoms with Crippen molar-refractivity contribution in [2.75, 3.05) is 6.54 Å². The molecule has 0 amide bonds. The Morgan fingerprint density at radius 3 is 2.28 bits per heavy atom. The summed E-state index contributed by atoms with van der Waals surface area (Å²) in [4.78, 5) is 0. The Bertz CT molecular complexity index is 434. The van der Waals surface area contributed by atoms with Crippen LogP contribution >= 0.6 is 15.9 Å². The van der Waals surface area contributed by atoms with Crippen molar-refractivity contribution in [2.24, 2.45) is 16.7 Å². The van der Waals surface area contributed by atoms with Crippen LogP contribution in [0, 0.1) is 23.7 Å². The molecular formula is C16H24BrN. The second kappa shape index (κ2) is 4.64. The van der Waals surface area contributed by atoms with Crippen LogP contribution < -0.4 is 5.32 Å². The topological polar surface area (TPSA) is 12.0 Å². The zero-order valence-electron chi connectivity index (χ0n) is 12.1. The first kappa shape index (κ1) is 14.1. The quantitative estimate of drug-likeness (QED) is 0.861. The SMILES string of the molecule is Cc1ccc(CNCC2C(C)(C)C2(C)C)c(Br)c1. The Labute approximate surface area is 119 Å². The highest BCUT2D eigenvalue weighted by atomic mass is 79.9. The third-order valence-corrected chi connectivity index (χ3v) is 5.93. The normalized spacial score (nSPS) is 21.0. The molecule has 1 aliphatic rings. The van der Waals surface area contributed by atoms with Crippen molar-refractivity contribution >= 4 is 15.9 Å². The van der Waals surface area contributed by atoms with Crippen LogP contribution in [0.15, 0.2) is 22.7 Å². The summed E-state index contributed by atoms with van der Waals surface area (Å²) in [6.45, 7) is 13.7. The molecule has 1 aromatic rings. The second-order valence-electron chi connectivity index (χ2n) is 6.72. The van der Waals surface area contributed by atoms with E-state index in [1.165, 1.54) is 15.6 Å². The maximum atomic E-state index is 3.63. The zero-order chi connectivity index (χ0) is 13.6. The molecule has 0 saturated heterocycles. The number of rotatable bonds is 4. The van der Waals surface area contributed by atoms with Crippen molar-refractivity contribution in [3.63, 3.8) is 0 Å². The molecule has 0 radical (unpaired) electrons. The van der Waals surface area contributed by atoms with E-state index >= 15 is 0 Å². The van der Waals surface area contributed by atoms with Gasteiger partial charge in [0.2, 0.25) is 0 Å². The summed E-state index contributed by atoms with van der Waals surface area (Å²) in [6, 6.07) is 6.56. The van der Waals surface area contributed by atoms with Crippen LogP contribution in [0.4, 0.5) is 0 Å². The molecule has 18 heavy (non-hydrogen) atoms. The van der Waals surface area contributed by atoms with E-state index in [0.29, 0.717) is 10.8 Å². The molecule has 0 aromatic heterocycles. The number of halogens is 1. The first-order valence-corrected chi connectivity index (χ1v) is 7.52. The molecular weight excluding hydrogens is 286 g/mol. The summed E-state index contributed by atoms with van der Waals surface area (Å²) in [5.74, 6) is 0.786. The van der Waals surface area contributed by atoms with E-state index < -0.39 is 0 Å². The van der Waals surface area contributed by atoms with E-state index in [-0.39, 0.29) is 0 Å². The van der Waals surface area contributed by atoms with Gasteiger partial charge in [-0.15, -0.1) is 0 Å². The van der Waals surface area contributed by atoms with Crippen LogP contribution in [0.2, 0.25) is 0 Å². The average molecular weight is 310 g/mol. The number of benzene rings is 1. The molecule has 2 rings (SSSR count). The standard InChI is InChI=1S/C16H24BrN/c1-11-6-7-12(13(17)8-11)9-18-10-14-15(2,3)16(14,4)5/h6-8,14,18H,9-10H2,1-5H3. The Morgan fingerprint density at radius 1 is 1.17 bits per heavy atom. The van der Waals surface area contributed by atoms with Crippen molar-refractivity contribution in [3.8, 4) is 0 Å². The molecule has 1 N–H and O–H groups in total. The fourth-order valence-electron chi connectivity index (χ4n) is 2.99. The van der Waals surface area contributed by atoms with Crippen LogP contribution in [-0.2, 0) is 6.54 Å². The molecule has 0 bridgehead atoms. The minimum Gasteiger partial charge on any atom is -0.312 e. The molecule has 0 unspecified atom stereocenters. The molecule has 1 nitrogen and oxygen atoms in total. The highest BCUT2D eigenvalue weighted by molar-refractivity contribution is 9.10. The van der Waals surface area contributed by atoms with E-state index in [0.717, 1.165) is 19.0 Å². The Kier molecular flexibility index (Phi) is 3.63. The van der Waals surface area contributed by atoms with Gasteiger partial charge in [-0.1, -0.05) is 55.8 Å². The van der Waals surface area contributed by atoms with Gasteiger partial charge >= 0.3 is 0 Å². The molecule has 1 aliphatic carbocycles. The van der Waals surface area contributed by atoms with Gasteiger partial charge in [-0.05, 0) is 47.4 Å². The van der Waals surface area contributed by atoms with Gasteiger partial charge in [0.25, 0.3) is 0 Å².